The van der Waals surface area contributed by atoms with Gasteiger partial charge in [-0.25, -0.2) is 13.1 Å². The predicted octanol–water partition coefficient (Wildman–Crippen LogP) is 2.03. The maximum absolute atomic E-state index is 12.0. The van der Waals surface area contributed by atoms with Gasteiger partial charge in [0.15, 0.2) is 0 Å². The molecule has 0 aromatic heterocycles. The van der Waals surface area contributed by atoms with E-state index in [-0.39, 0.29) is 4.90 Å². The Labute approximate surface area is 108 Å². The van der Waals surface area contributed by atoms with E-state index >= 15 is 0 Å². The number of rotatable bonds is 7. The van der Waals surface area contributed by atoms with Gasteiger partial charge in [0.25, 0.3) is 0 Å². The van der Waals surface area contributed by atoms with Crippen LogP contribution in [0.4, 0.5) is 0 Å². The van der Waals surface area contributed by atoms with Gasteiger partial charge in [0.05, 0.1) is 10.9 Å². The van der Waals surface area contributed by atoms with E-state index in [9.17, 15) is 13.2 Å². The number of hydrogen-bond acceptors (Lipinski definition) is 3. The van der Waals surface area contributed by atoms with Gasteiger partial charge in [0.2, 0.25) is 10.0 Å². The van der Waals surface area contributed by atoms with E-state index < -0.39 is 16.1 Å². The third-order valence-corrected chi connectivity index (χ3v) is 4.18. The molecule has 1 atom stereocenters. The van der Waals surface area contributed by atoms with Crippen molar-refractivity contribution in [1.82, 2.24) is 4.72 Å². The number of hydrogen-bond donors (Lipinski definition) is 1. The van der Waals surface area contributed by atoms with Crippen LogP contribution in [0.1, 0.15) is 31.7 Å². The van der Waals surface area contributed by atoms with Gasteiger partial charge in [0, 0.05) is 0 Å². The zero-order chi connectivity index (χ0) is 13.6. The number of nitrogens with one attached hydrogen (secondary N) is 1. The van der Waals surface area contributed by atoms with E-state index in [1.54, 1.807) is 24.3 Å². The molecule has 1 aromatic carbocycles. The van der Waals surface area contributed by atoms with Crippen molar-refractivity contribution in [2.45, 2.75) is 44.0 Å². The van der Waals surface area contributed by atoms with E-state index in [0.717, 1.165) is 18.4 Å². The van der Waals surface area contributed by atoms with Crippen molar-refractivity contribution in [2.75, 3.05) is 0 Å². The highest BCUT2D eigenvalue weighted by Gasteiger charge is 2.18. The fourth-order valence-corrected chi connectivity index (χ4v) is 2.77. The Kier molecular flexibility index (Phi) is 5.50. The monoisotopic (exact) mass is 269 g/mol. The minimum absolute atomic E-state index is 0.191. The number of sulfonamides is 1. The average molecular weight is 269 g/mol. The summed E-state index contributed by atoms with van der Waals surface area (Å²) in [5.41, 5.74) is 0.992. The molecular weight excluding hydrogens is 250 g/mol. The summed E-state index contributed by atoms with van der Waals surface area (Å²) in [6.45, 7) is 3.88. The number of benzene rings is 1. The lowest BCUT2D eigenvalue weighted by molar-refractivity contribution is -0.109. The van der Waals surface area contributed by atoms with Crippen molar-refractivity contribution in [2.24, 2.45) is 0 Å². The predicted molar refractivity (Wildman–Crippen MR) is 70.9 cm³/mol. The van der Waals surface area contributed by atoms with Gasteiger partial charge in [0.1, 0.15) is 6.29 Å². The van der Waals surface area contributed by atoms with Gasteiger partial charge in [-0.05, 0) is 25.5 Å². The molecule has 0 saturated carbocycles. The van der Waals surface area contributed by atoms with E-state index in [4.69, 9.17) is 0 Å². The number of aldehydes is 1. The standard InChI is InChI=1S/C13H19NO3S/c1-3-4-5-12(10-15)14-18(16,17)13-8-6-11(2)7-9-13/h6-10,12,14H,3-5H2,1-2H3. The van der Waals surface area contributed by atoms with Crippen molar-refractivity contribution in [1.29, 1.82) is 0 Å². The smallest absolute Gasteiger partial charge is 0.241 e. The van der Waals surface area contributed by atoms with Gasteiger partial charge in [-0.1, -0.05) is 37.5 Å². The highest BCUT2D eigenvalue weighted by molar-refractivity contribution is 7.89. The molecule has 0 aliphatic rings. The summed E-state index contributed by atoms with van der Waals surface area (Å²) in [5, 5.41) is 0. The Bertz CT molecular complexity index is 479. The Morgan fingerprint density at radius 3 is 2.39 bits per heavy atom. The summed E-state index contributed by atoms with van der Waals surface area (Å²) >= 11 is 0. The van der Waals surface area contributed by atoms with E-state index in [1.807, 2.05) is 13.8 Å². The quantitative estimate of drug-likeness (QED) is 0.770. The molecule has 18 heavy (non-hydrogen) atoms. The van der Waals surface area contributed by atoms with E-state index in [0.29, 0.717) is 12.7 Å². The van der Waals surface area contributed by atoms with E-state index in [2.05, 4.69) is 4.72 Å². The first-order valence-electron chi connectivity index (χ1n) is 6.04. The Morgan fingerprint density at radius 2 is 1.89 bits per heavy atom. The fourth-order valence-electron chi connectivity index (χ4n) is 1.56. The van der Waals surface area contributed by atoms with Crippen LogP contribution < -0.4 is 4.72 Å². The first-order chi connectivity index (χ1) is 8.49. The second-order valence-electron chi connectivity index (χ2n) is 4.32. The van der Waals surface area contributed by atoms with Crippen LogP contribution in [0.2, 0.25) is 0 Å². The molecule has 0 fully saturated rings. The largest absolute Gasteiger partial charge is 0.302 e. The normalized spacial score (nSPS) is 13.2. The average Bonchev–Trinajstić information content (AvgIpc) is 2.35. The highest BCUT2D eigenvalue weighted by atomic mass is 32.2. The Morgan fingerprint density at radius 1 is 1.28 bits per heavy atom. The van der Waals surface area contributed by atoms with Crippen LogP contribution >= 0.6 is 0 Å². The molecule has 0 heterocycles. The molecule has 100 valence electrons. The van der Waals surface area contributed by atoms with Crippen LogP contribution in [0.25, 0.3) is 0 Å². The van der Waals surface area contributed by atoms with Crippen LogP contribution in [0.5, 0.6) is 0 Å². The Balaban J connectivity index is 2.80. The summed E-state index contributed by atoms with van der Waals surface area (Å²) in [4.78, 5) is 11.0. The van der Waals surface area contributed by atoms with Gasteiger partial charge in [-0.3, -0.25) is 0 Å². The molecule has 0 aliphatic carbocycles. The molecular formula is C13H19NO3S. The van der Waals surface area contributed by atoms with Gasteiger partial charge in [-0.2, -0.15) is 0 Å². The maximum Gasteiger partial charge on any atom is 0.241 e. The lowest BCUT2D eigenvalue weighted by Crippen LogP contribution is -2.35. The summed E-state index contributed by atoms with van der Waals surface area (Å²) in [7, 11) is -3.60. The number of aryl methyl sites for hydroxylation is 1. The molecule has 5 heteroatoms. The first-order valence-corrected chi connectivity index (χ1v) is 7.52. The first kappa shape index (κ1) is 14.9. The SMILES string of the molecule is CCCCC(C=O)NS(=O)(=O)c1ccc(C)cc1. The summed E-state index contributed by atoms with van der Waals surface area (Å²) in [6, 6.07) is 5.91. The van der Waals surface area contributed by atoms with Crippen LogP contribution in [0, 0.1) is 6.92 Å². The molecule has 0 radical (unpaired) electrons. The third-order valence-electron chi connectivity index (χ3n) is 2.67. The zero-order valence-corrected chi connectivity index (χ0v) is 11.5. The minimum atomic E-state index is -3.60. The molecule has 1 aromatic rings. The molecule has 0 spiro atoms. The minimum Gasteiger partial charge on any atom is -0.302 e. The van der Waals surface area contributed by atoms with Gasteiger partial charge < -0.3 is 4.79 Å². The molecule has 1 rings (SSSR count). The molecule has 1 N–H and O–H groups in total. The molecule has 0 saturated heterocycles. The van der Waals surface area contributed by atoms with Crippen molar-refractivity contribution < 1.29 is 13.2 Å². The second-order valence-corrected chi connectivity index (χ2v) is 6.03. The third kappa shape index (κ3) is 4.23. The lowest BCUT2D eigenvalue weighted by atomic mass is 10.1. The van der Waals surface area contributed by atoms with Crippen LogP contribution in [-0.2, 0) is 14.8 Å². The summed E-state index contributed by atoms with van der Waals surface area (Å²) < 4.78 is 26.4. The van der Waals surface area contributed by atoms with Crippen LogP contribution in [0.15, 0.2) is 29.2 Å². The van der Waals surface area contributed by atoms with E-state index in [1.165, 1.54) is 0 Å². The molecule has 1 unspecified atom stereocenters. The maximum atomic E-state index is 12.0. The summed E-state index contributed by atoms with van der Waals surface area (Å²) in [5.74, 6) is 0. The second kappa shape index (κ2) is 6.66. The number of carbonyl (C=O) groups is 1. The van der Waals surface area contributed by atoms with Crippen LogP contribution in [-0.4, -0.2) is 20.7 Å². The van der Waals surface area contributed by atoms with Crippen LogP contribution in [0.3, 0.4) is 0 Å². The zero-order valence-electron chi connectivity index (χ0n) is 10.7. The lowest BCUT2D eigenvalue weighted by Gasteiger charge is -2.12. The fraction of sp³-hybridized carbons (Fsp3) is 0.462. The molecule has 4 nitrogen and oxygen atoms in total. The molecule has 0 bridgehead atoms. The number of carbonyl (C=O) groups excluding carboxylic acids is 1. The highest BCUT2D eigenvalue weighted by Crippen LogP contribution is 2.11. The van der Waals surface area contributed by atoms with Crippen molar-refractivity contribution in [3.63, 3.8) is 0 Å². The van der Waals surface area contributed by atoms with Crippen molar-refractivity contribution in [3.8, 4) is 0 Å². The summed E-state index contributed by atoms with van der Waals surface area (Å²) in [6.07, 6.45) is 2.93. The van der Waals surface area contributed by atoms with Gasteiger partial charge in [-0.15, -0.1) is 0 Å². The van der Waals surface area contributed by atoms with Crippen molar-refractivity contribution >= 4 is 16.3 Å². The molecule has 0 amide bonds. The number of unbranched alkanes of at least 4 members (excludes halogenated alkanes) is 1. The van der Waals surface area contributed by atoms with Crippen molar-refractivity contribution in [3.05, 3.63) is 29.8 Å². The van der Waals surface area contributed by atoms with Gasteiger partial charge >= 0.3 is 0 Å². The topological polar surface area (TPSA) is 63.2 Å². The molecule has 0 aliphatic heterocycles. The Hall–Kier alpha value is -1.20.